The van der Waals surface area contributed by atoms with Crippen molar-refractivity contribution in [2.24, 2.45) is 0 Å². The number of hydrogen-bond donors (Lipinski definition) is 0. The topological polar surface area (TPSA) is 48.0 Å². The molecule has 1 amide bonds. The molecule has 0 atom stereocenters. The third-order valence-corrected chi connectivity index (χ3v) is 4.41. The Morgan fingerprint density at radius 2 is 1.56 bits per heavy atom. The summed E-state index contributed by atoms with van der Waals surface area (Å²) in [6.45, 7) is 1.38. The molecule has 2 aromatic rings. The van der Waals surface area contributed by atoms with Crippen molar-refractivity contribution >= 4 is 5.91 Å². The highest BCUT2D eigenvalue weighted by Crippen LogP contribution is 2.23. The molecule has 1 aliphatic rings. The number of ether oxygens (including phenoxy) is 3. The summed E-state index contributed by atoms with van der Waals surface area (Å²) in [5.74, 6) is 2.38. The zero-order chi connectivity index (χ0) is 17.6. The van der Waals surface area contributed by atoms with Gasteiger partial charge in [-0.15, -0.1) is 0 Å². The molecule has 5 nitrogen and oxygen atoms in total. The van der Waals surface area contributed by atoms with Crippen LogP contribution in [0.15, 0.2) is 48.5 Å². The molecule has 0 aromatic heterocycles. The zero-order valence-electron chi connectivity index (χ0n) is 14.6. The summed E-state index contributed by atoms with van der Waals surface area (Å²) in [7, 11) is 3.25. The molecule has 5 heteroatoms. The van der Waals surface area contributed by atoms with E-state index < -0.39 is 0 Å². The van der Waals surface area contributed by atoms with Gasteiger partial charge in [0.25, 0.3) is 5.91 Å². The largest absolute Gasteiger partial charge is 0.497 e. The van der Waals surface area contributed by atoms with Crippen molar-refractivity contribution in [1.82, 2.24) is 4.90 Å². The fourth-order valence-electron chi connectivity index (χ4n) is 2.96. The Bertz CT molecular complexity index is 706. The third kappa shape index (κ3) is 4.24. The number of likely N-dealkylation sites (tertiary alicyclic amines) is 1. The number of hydrogen-bond acceptors (Lipinski definition) is 4. The molecule has 1 aliphatic heterocycles. The fraction of sp³-hybridized carbons (Fsp3) is 0.350. The second-order valence-electron chi connectivity index (χ2n) is 6.02. The minimum absolute atomic E-state index is 0.0433. The number of piperidine rings is 1. The van der Waals surface area contributed by atoms with Crippen molar-refractivity contribution in [1.29, 1.82) is 0 Å². The number of nitrogens with zero attached hydrogens (tertiary/aromatic N) is 1. The molecular weight excluding hydrogens is 318 g/mol. The zero-order valence-corrected chi connectivity index (χ0v) is 14.6. The maximum Gasteiger partial charge on any atom is 0.253 e. The summed E-state index contributed by atoms with van der Waals surface area (Å²) in [6, 6.07) is 14.9. The second-order valence-corrected chi connectivity index (χ2v) is 6.02. The van der Waals surface area contributed by atoms with Crippen LogP contribution in [0.4, 0.5) is 0 Å². The molecule has 3 rings (SSSR count). The molecule has 25 heavy (non-hydrogen) atoms. The van der Waals surface area contributed by atoms with E-state index in [9.17, 15) is 4.79 Å². The van der Waals surface area contributed by atoms with Crippen LogP contribution in [0.5, 0.6) is 17.2 Å². The molecule has 0 N–H and O–H groups in total. The minimum atomic E-state index is 0.0433. The van der Waals surface area contributed by atoms with Gasteiger partial charge in [-0.25, -0.2) is 0 Å². The van der Waals surface area contributed by atoms with Gasteiger partial charge in [0.05, 0.1) is 14.2 Å². The van der Waals surface area contributed by atoms with E-state index in [0.29, 0.717) is 24.4 Å². The predicted octanol–water partition coefficient (Wildman–Crippen LogP) is 3.39. The van der Waals surface area contributed by atoms with Crippen molar-refractivity contribution in [3.05, 3.63) is 54.1 Å². The average molecular weight is 341 g/mol. The lowest BCUT2D eigenvalue weighted by Gasteiger charge is -2.32. The van der Waals surface area contributed by atoms with Gasteiger partial charge < -0.3 is 19.1 Å². The number of amides is 1. The van der Waals surface area contributed by atoms with E-state index in [4.69, 9.17) is 14.2 Å². The third-order valence-electron chi connectivity index (χ3n) is 4.41. The van der Waals surface area contributed by atoms with Gasteiger partial charge in [0.2, 0.25) is 0 Å². The number of carbonyl (C=O) groups excluding carboxylic acids is 1. The molecular formula is C20H23NO4. The van der Waals surface area contributed by atoms with Crippen molar-refractivity contribution in [2.75, 3.05) is 27.3 Å². The molecule has 0 aliphatic carbocycles. The van der Waals surface area contributed by atoms with Crippen LogP contribution in [0.25, 0.3) is 0 Å². The van der Waals surface area contributed by atoms with E-state index in [1.165, 1.54) is 0 Å². The second kappa shape index (κ2) is 7.92. The van der Waals surface area contributed by atoms with Crippen molar-refractivity contribution < 1.29 is 19.0 Å². The van der Waals surface area contributed by atoms with Gasteiger partial charge in [-0.1, -0.05) is 6.07 Å². The van der Waals surface area contributed by atoms with Crippen molar-refractivity contribution in [3.63, 3.8) is 0 Å². The number of carbonyl (C=O) groups is 1. The molecule has 0 bridgehead atoms. The lowest BCUT2D eigenvalue weighted by molar-refractivity contribution is 0.0595. The van der Waals surface area contributed by atoms with Crippen LogP contribution < -0.4 is 14.2 Å². The van der Waals surface area contributed by atoms with E-state index in [1.807, 2.05) is 47.4 Å². The first-order valence-corrected chi connectivity index (χ1v) is 8.43. The Morgan fingerprint density at radius 3 is 2.20 bits per heavy atom. The Morgan fingerprint density at radius 1 is 0.920 bits per heavy atom. The van der Waals surface area contributed by atoms with Crippen LogP contribution in [0.1, 0.15) is 23.2 Å². The van der Waals surface area contributed by atoms with Crippen LogP contribution in [-0.2, 0) is 0 Å². The molecule has 0 spiro atoms. The molecule has 1 saturated heterocycles. The van der Waals surface area contributed by atoms with Crippen LogP contribution in [0, 0.1) is 0 Å². The highest BCUT2D eigenvalue weighted by atomic mass is 16.5. The highest BCUT2D eigenvalue weighted by molar-refractivity contribution is 5.94. The van der Waals surface area contributed by atoms with Crippen LogP contribution in [0.3, 0.4) is 0 Å². The summed E-state index contributed by atoms with van der Waals surface area (Å²) >= 11 is 0. The van der Waals surface area contributed by atoms with Crippen molar-refractivity contribution in [3.8, 4) is 17.2 Å². The monoisotopic (exact) mass is 341 g/mol. The lowest BCUT2D eigenvalue weighted by Crippen LogP contribution is -2.41. The van der Waals surface area contributed by atoms with E-state index >= 15 is 0 Å². The van der Waals surface area contributed by atoms with Gasteiger partial charge in [-0.05, 0) is 42.5 Å². The SMILES string of the molecule is COc1ccc(OC2CCN(C(=O)c3cccc(OC)c3)CC2)cc1. The maximum atomic E-state index is 12.6. The summed E-state index contributed by atoms with van der Waals surface area (Å²) in [6.07, 6.45) is 1.77. The van der Waals surface area contributed by atoms with Crippen molar-refractivity contribution in [2.45, 2.75) is 18.9 Å². The lowest BCUT2D eigenvalue weighted by atomic mass is 10.1. The number of rotatable bonds is 5. The van der Waals surface area contributed by atoms with Gasteiger partial charge in [-0.2, -0.15) is 0 Å². The molecule has 0 unspecified atom stereocenters. The summed E-state index contributed by atoms with van der Waals surface area (Å²) in [4.78, 5) is 14.5. The minimum Gasteiger partial charge on any atom is -0.497 e. The van der Waals surface area contributed by atoms with Crippen LogP contribution in [0.2, 0.25) is 0 Å². The summed E-state index contributed by atoms with van der Waals surface area (Å²) in [5.41, 5.74) is 0.661. The van der Waals surface area contributed by atoms with Gasteiger partial charge >= 0.3 is 0 Å². The van der Waals surface area contributed by atoms with Gasteiger partial charge in [0, 0.05) is 31.5 Å². The smallest absolute Gasteiger partial charge is 0.253 e. The maximum absolute atomic E-state index is 12.6. The van der Waals surface area contributed by atoms with Gasteiger partial charge in [-0.3, -0.25) is 4.79 Å². The fourth-order valence-corrected chi connectivity index (χ4v) is 2.96. The van der Waals surface area contributed by atoms with Gasteiger partial charge in [0.1, 0.15) is 23.4 Å². The average Bonchev–Trinajstić information content (AvgIpc) is 2.68. The Kier molecular flexibility index (Phi) is 5.43. The van der Waals surface area contributed by atoms with Gasteiger partial charge in [0.15, 0.2) is 0 Å². The standard InChI is InChI=1S/C20H23NO4/c1-23-16-6-8-17(9-7-16)25-18-10-12-21(13-11-18)20(22)15-4-3-5-19(14-15)24-2/h3-9,14,18H,10-13H2,1-2H3. The summed E-state index contributed by atoms with van der Waals surface area (Å²) < 4.78 is 16.4. The van der Waals surface area contributed by atoms with E-state index in [1.54, 1.807) is 20.3 Å². The molecule has 0 saturated carbocycles. The van der Waals surface area contributed by atoms with Crippen LogP contribution >= 0.6 is 0 Å². The number of methoxy groups -OCH3 is 2. The van der Waals surface area contributed by atoms with E-state index in [0.717, 1.165) is 24.3 Å². The molecule has 132 valence electrons. The molecule has 1 fully saturated rings. The highest BCUT2D eigenvalue weighted by Gasteiger charge is 2.24. The first kappa shape index (κ1) is 17.1. The Balaban J connectivity index is 1.54. The van der Waals surface area contributed by atoms with E-state index in [-0.39, 0.29) is 12.0 Å². The molecule has 1 heterocycles. The Hall–Kier alpha value is -2.69. The first-order chi connectivity index (χ1) is 12.2. The summed E-state index contributed by atoms with van der Waals surface area (Å²) in [5, 5.41) is 0. The first-order valence-electron chi connectivity index (χ1n) is 8.43. The Labute approximate surface area is 148 Å². The quantitative estimate of drug-likeness (QED) is 0.836. The normalized spacial score (nSPS) is 14.9. The predicted molar refractivity (Wildman–Crippen MR) is 95.5 cm³/mol. The number of benzene rings is 2. The molecule has 2 aromatic carbocycles. The van der Waals surface area contributed by atoms with E-state index in [2.05, 4.69) is 0 Å². The molecule has 0 radical (unpaired) electrons. The van der Waals surface area contributed by atoms with Crippen LogP contribution in [-0.4, -0.2) is 44.2 Å².